The minimum absolute atomic E-state index is 0.0203. The predicted molar refractivity (Wildman–Crippen MR) is 91.3 cm³/mol. The van der Waals surface area contributed by atoms with Crippen molar-refractivity contribution in [1.29, 1.82) is 0 Å². The van der Waals surface area contributed by atoms with Crippen molar-refractivity contribution in [2.24, 2.45) is 0 Å². The average Bonchev–Trinajstić information content (AvgIpc) is 3.03. The van der Waals surface area contributed by atoms with Crippen LogP contribution in [0.3, 0.4) is 0 Å². The lowest BCUT2D eigenvalue weighted by atomic mass is 10.1. The van der Waals surface area contributed by atoms with Gasteiger partial charge in [-0.25, -0.2) is 0 Å². The standard InChI is InChI=1S/C17H16ClN5O/c1-12-4-2-3-5-15(12)17-20-22-23(21-17)11-16(24)19-10-13-6-8-14(18)9-7-13/h2-9H,10-11H2,1H3,(H,19,24). The fourth-order valence-corrected chi connectivity index (χ4v) is 2.36. The summed E-state index contributed by atoms with van der Waals surface area (Å²) >= 11 is 5.83. The number of hydrogen-bond acceptors (Lipinski definition) is 4. The van der Waals surface area contributed by atoms with Gasteiger partial charge in [0.25, 0.3) is 0 Å². The molecule has 0 saturated carbocycles. The number of carbonyl (C=O) groups is 1. The molecular formula is C17H16ClN5O. The second kappa shape index (κ2) is 7.23. The third-order valence-corrected chi connectivity index (χ3v) is 3.78. The first-order valence-electron chi connectivity index (χ1n) is 7.47. The van der Waals surface area contributed by atoms with Gasteiger partial charge in [0, 0.05) is 17.1 Å². The molecule has 0 saturated heterocycles. The zero-order chi connectivity index (χ0) is 16.9. The van der Waals surface area contributed by atoms with Crippen LogP contribution in [0.4, 0.5) is 0 Å². The van der Waals surface area contributed by atoms with Crippen molar-refractivity contribution in [3.05, 3.63) is 64.7 Å². The molecule has 6 nitrogen and oxygen atoms in total. The minimum Gasteiger partial charge on any atom is -0.350 e. The van der Waals surface area contributed by atoms with Crippen LogP contribution in [0.5, 0.6) is 0 Å². The van der Waals surface area contributed by atoms with Crippen LogP contribution in [-0.2, 0) is 17.9 Å². The molecule has 0 aliphatic heterocycles. The third-order valence-electron chi connectivity index (χ3n) is 3.53. The molecule has 0 bridgehead atoms. The molecule has 1 heterocycles. The van der Waals surface area contributed by atoms with Crippen molar-refractivity contribution in [3.63, 3.8) is 0 Å². The van der Waals surface area contributed by atoms with Gasteiger partial charge in [0.2, 0.25) is 11.7 Å². The van der Waals surface area contributed by atoms with Gasteiger partial charge in [-0.15, -0.1) is 10.2 Å². The van der Waals surface area contributed by atoms with E-state index in [2.05, 4.69) is 20.7 Å². The van der Waals surface area contributed by atoms with E-state index in [-0.39, 0.29) is 12.5 Å². The summed E-state index contributed by atoms with van der Waals surface area (Å²) in [6, 6.07) is 15.1. The molecular weight excluding hydrogens is 326 g/mol. The van der Waals surface area contributed by atoms with Crippen molar-refractivity contribution in [1.82, 2.24) is 25.5 Å². The minimum atomic E-state index is -0.182. The molecule has 3 aromatic rings. The average molecular weight is 342 g/mol. The fraction of sp³-hybridized carbons (Fsp3) is 0.176. The van der Waals surface area contributed by atoms with Gasteiger partial charge in [0.05, 0.1) is 0 Å². The van der Waals surface area contributed by atoms with Gasteiger partial charge < -0.3 is 5.32 Å². The Labute approximate surface area is 144 Å². The number of aromatic nitrogens is 4. The molecule has 3 rings (SSSR count). The van der Waals surface area contributed by atoms with E-state index in [0.717, 1.165) is 16.7 Å². The number of aryl methyl sites for hydroxylation is 1. The Kier molecular flexibility index (Phi) is 4.86. The highest BCUT2D eigenvalue weighted by molar-refractivity contribution is 6.30. The van der Waals surface area contributed by atoms with Gasteiger partial charge in [0.15, 0.2) is 0 Å². The largest absolute Gasteiger partial charge is 0.350 e. The van der Waals surface area contributed by atoms with E-state index < -0.39 is 0 Å². The fourth-order valence-electron chi connectivity index (χ4n) is 2.23. The quantitative estimate of drug-likeness (QED) is 0.774. The molecule has 0 fully saturated rings. The molecule has 122 valence electrons. The summed E-state index contributed by atoms with van der Waals surface area (Å²) in [6.07, 6.45) is 0. The molecule has 1 aromatic heterocycles. The van der Waals surface area contributed by atoms with Crippen LogP contribution in [0, 0.1) is 6.92 Å². The van der Waals surface area contributed by atoms with Crippen molar-refractivity contribution >= 4 is 17.5 Å². The maximum Gasteiger partial charge on any atom is 0.243 e. The summed E-state index contributed by atoms with van der Waals surface area (Å²) in [4.78, 5) is 13.3. The Morgan fingerprint density at radius 2 is 1.92 bits per heavy atom. The molecule has 0 atom stereocenters. The van der Waals surface area contributed by atoms with Gasteiger partial charge in [-0.05, 0) is 35.4 Å². The van der Waals surface area contributed by atoms with Crippen molar-refractivity contribution in [2.45, 2.75) is 20.0 Å². The van der Waals surface area contributed by atoms with Gasteiger partial charge >= 0.3 is 0 Å². The zero-order valence-corrected chi connectivity index (χ0v) is 13.9. The Balaban J connectivity index is 1.59. The van der Waals surface area contributed by atoms with E-state index in [1.54, 1.807) is 12.1 Å². The predicted octanol–water partition coefficient (Wildman–Crippen LogP) is 2.62. The van der Waals surface area contributed by atoms with Crippen molar-refractivity contribution in [2.75, 3.05) is 0 Å². The molecule has 7 heteroatoms. The highest BCUT2D eigenvalue weighted by Gasteiger charge is 2.10. The lowest BCUT2D eigenvalue weighted by Gasteiger charge is -2.04. The molecule has 0 aliphatic rings. The van der Waals surface area contributed by atoms with Crippen LogP contribution in [0.15, 0.2) is 48.5 Å². The summed E-state index contributed by atoms with van der Waals surface area (Å²) < 4.78 is 0. The number of amides is 1. The smallest absolute Gasteiger partial charge is 0.243 e. The van der Waals surface area contributed by atoms with E-state index >= 15 is 0 Å². The number of nitrogens with one attached hydrogen (secondary N) is 1. The number of rotatable bonds is 5. The first-order valence-corrected chi connectivity index (χ1v) is 7.84. The lowest BCUT2D eigenvalue weighted by Crippen LogP contribution is -2.28. The summed E-state index contributed by atoms with van der Waals surface area (Å²) in [6.45, 7) is 2.43. The van der Waals surface area contributed by atoms with E-state index in [9.17, 15) is 4.79 Å². The van der Waals surface area contributed by atoms with E-state index in [1.807, 2.05) is 43.3 Å². The van der Waals surface area contributed by atoms with Crippen molar-refractivity contribution < 1.29 is 4.79 Å². The number of carbonyl (C=O) groups excluding carboxylic acids is 1. The number of tetrazole rings is 1. The maximum absolute atomic E-state index is 12.0. The van der Waals surface area contributed by atoms with E-state index in [0.29, 0.717) is 17.4 Å². The topological polar surface area (TPSA) is 72.7 Å². The van der Waals surface area contributed by atoms with Gasteiger partial charge in [-0.3, -0.25) is 4.79 Å². The number of benzene rings is 2. The van der Waals surface area contributed by atoms with Crippen LogP contribution >= 0.6 is 11.6 Å². The lowest BCUT2D eigenvalue weighted by molar-refractivity contribution is -0.122. The van der Waals surface area contributed by atoms with Gasteiger partial charge in [0.1, 0.15) is 6.54 Å². The molecule has 0 aliphatic carbocycles. The molecule has 0 radical (unpaired) electrons. The van der Waals surface area contributed by atoms with Crippen LogP contribution in [0.2, 0.25) is 5.02 Å². The summed E-state index contributed by atoms with van der Waals surface area (Å²) in [5.74, 6) is 0.331. The molecule has 24 heavy (non-hydrogen) atoms. The number of halogens is 1. The Hall–Kier alpha value is -2.73. The van der Waals surface area contributed by atoms with Gasteiger partial charge in [-0.2, -0.15) is 4.80 Å². The maximum atomic E-state index is 12.0. The Morgan fingerprint density at radius 3 is 2.67 bits per heavy atom. The zero-order valence-electron chi connectivity index (χ0n) is 13.1. The first-order chi connectivity index (χ1) is 11.6. The monoisotopic (exact) mass is 341 g/mol. The summed E-state index contributed by atoms with van der Waals surface area (Å²) in [5, 5.41) is 15.7. The van der Waals surface area contributed by atoms with Crippen molar-refractivity contribution in [3.8, 4) is 11.4 Å². The summed E-state index contributed by atoms with van der Waals surface area (Å²) in [7, 11) is 0. The van der Waals surface area contributed by atoms with Gasteiger partial charge in [-0.1, -0.05) is 48.0 Å². The molecule has 0 unspecified atom stereocenters. The molecule has 1 amide bonds. The summed E-state index contributed by atoms with van der Waals surface area (Å²) in [5.41, 5.74) is 2.94. The second-order valence-electron chi connectivity index (χ2n) is 5.36. The van der Waals surface area contributed by atoms with Crippen LogP contribution in [-0.4, -0.2) is 26.1 Å². The third kappa shape index (κ3) is 3.97. The molecule has 2 aromatic carbocycles. The molecule has 0 spiro atoms. The number of nitrogens with zero attached hydrogens (tertiary/aromatic N) is 4. The van der Waals surface area contributed by atoms with Crippen LogP contribution in [0.1, 0.15) is 11.1 Å². The Morgan fingerprint density at radius 1 is 1.17 bits per heavy atom. The SMILES string of the molecule is Cc1ccccc1-c1nnn(CC(=O)NCc2ccc(Cl)cc2)n1. The highest BCUT2D eigenvalue weighted by atomic mass is 35.5. The Bertz CT molecular complexity index is 844. The van der Waals surface area contributed by atoms with E-state index in [1.165, 1.54) is 4.80 Å². The first kappa shape index (κ1) is 16.1. The normalized spacial score (nSPS) is 10.6. The van der Waals surface area contributed by atoms with E-state index in [4.69, 9.17) is 11.6 Å². The molecule has 1 N–H and O–H groups in total. The second-order valence-corrected chi connectivity index (χ2v) is 5.80. The number of hydrogen-bond donors (Lipinski definition) is 1. The van der Waals surface area contributed by atoms with Crippen LogP contribution < -0.4 is 5.32 Å². The van der Waals surface area contributed by atoms with Crippen LogP contribution in [0.25, 0.3) is 11.4 Å². The highest BCUT2D eigenvalue weighted by Crippen LogP contribution is 2.17.